The van der Waals surface area contributed by atoms with E-state index < -0.39 is 0 Å². The summed E-state index contributed by atoms with van der Waals surface area (Å²) in [5.41, 5.74) is 1.31. The van der Waals surface area contributed by atoms with Crippen LogP contribution in [0.3, 0.4) is 0 Å². The molecule has 0 spiro atoms. The highest BCUT2D eigenvalue weighted by molar-refractivity contribution is 8.18. The van der Waals surface area contributed by atoms with E-state index in [0.29, 0.717) is 27.9 Å². The average molecular weight is 356 g/mol. The zero-order valence-corrected chi connectivity index (χ0v) is 14.2. The molecule has 1 aliphatic rings. The normalized spacial score (nSPS) is 17.1. The number of amidine groups is 1. The maximum Gasteiger partial charge on any atom is 0.264 e. The van der Waals surface area contributed by atoms with Gasteiger partial charge in [0.25, 0.3) is 5.91 Å². The lowest BCUT2D eigenvalue weighted by molar-refractivity contribution is -0.115. The molecule has 0 radical (unpaired) electrons. The van der Waals surface area contributed by atoms with E-state index in [1.807, 2.05) is 31.2 Å². The number of hydrogen-bond donors (Lipinski definition) is 3. The van der Waals surface area contributed by atoms with Crippen molar-refractivity contribution in [2.75, 3.05) is 6.61 Å². The minimum atomic E-state index is -0.262. The number of aliphatic imine (C=N–C) groups is 1. The van der Waals surface area contributed by atoms with Crippen LogP contribution in [0, 0.1) is 0 Å². The van der Waals surface area contributed by atoms with Crippen LogP contribution < -0.4 is 10.1 Å². The van der Waals surface area contributed by atoms with E-state index in [0.717, 1.165) is 5.75 Å². The van der Waals surface area contributed by atoms with E-state index in [9.17, 15) is 15.0 Å². The molecule has 0 saturated carbocycles. The van der Waals surface area contributed by atoms with E-state index in [-0.39, 0.29) is 17.4 Å². The van der Waals surface area contributed by atoms with Crippen LogP contribution in [0.1, 0.15) is 12.5 Å². The third-order valence-corrected chi connectivity index (χ3v) is 4.24. The number of phenolic OH excluding ortho intramolecular Hbond substituents is 2. The third-order valence-electron chi connectivity index (χ3n) is 3.33. The molecule has 0 atom stereocenters. The number of carbonyl (C=O) groups excluding carboxylic acids is 1. The Bertz CT molecular complexity index is 860. The zero-order valence-electron chi connectivity index (χ0n) is 13.4. The number of thioether (sulfide) groups is 1. The van der Waals surface area contributed by atoms with Crippen molar-refractivity contribution in [1.82, 2.24) is 5.32 Å². The molecule has 25 heavy (non-hydrogen) atoms. The van der Waals surface area contributed by atoms with Crippen LogP contribution in [-0.4, -0.2) is 27.9 Å². The molecular formula is C18H16N2O4S. The zero-order chi connectivity index (χ0) is 17.8. The van der Waals surface area contributed by atoms with Gasteiger partial charge in [0, 0.05) is 0 Å². The predicted octanol–water partition coefficient (Wildman–Crippen LogP) is 3.39. The van der Waals surface area contributed by atoms with Gasteiger partial charge in [0.05, 0.1) is 17.2 Å². The van der Waals surface area contributed by atoms with E-state index in [2.05, 4.69) is 10.3 Å². The van der Waals surface area contributed by atoms with Crippen LogP contribution >= 0.6 is 11.8 Å². The number of amides is 1. The lowest BCUT2D eigenvalue weighted by Gasteiger charge is -2.02. The number of phenols is 2. The first-order valence-electron chi connectivity index (χ1n) is 7.59. The molecule has 2 aromatic rings. The molecule has 3 N–H and O–H groups in total. The molecule has 0 unspecified atom stereocenters. The van der Waals surface area contributed by atoms with Gasteiger partial charge < -0.3 is 20.3 Å². The molecule has 128 valence electrons. The van der Waals surface area contributed by atoms with Gasteiger partial charge >= 0.3 is 0 Å². The Morgan fingerprint density at radius 3 is 2.60 bits per heavy atom. The smallest absolute Gasteiger partial charge is 0.264 e. The third kappa shape index (κ3) is 4.13. The first-order chi connectivity index (χ1) is 12.0. The monoisotopic (exact) mass is 356 g/mol. The number of hydrogen-bond acceptors (Lipinski definition) is 6. The molecule has 1 heterocycles. The number of rotatable bonds is 4. The summed E-state index contributed by atoms with van der Waals surface area (Å²) in [6, 6.07) is 11.6. The Morgan fingerprint density at radius 1 is 1.16 bits per heavy atom. The van der Waals surface area contributed by atoms with E-state index in [4.69, 9.17) is 4.74 Å². The van der Waals surface area contributed by atoms with Gasteiger partial charge in [-0.1, -0.05) is 6.07 Å². The molecule has 0 aromatic heterocycles. The topological polar surface area (TPSA) is 91.2 Å². The second-order valence-corrected chi connectivity index (χ2v) is 6.19. The first-order valence-corrected chi connectivity index (χ1v) is 8.41. The molecule has 3 rings (SSSR count). The molecule has 7 heteroatoms. The average Bonchev–Trinajstić information content (AvgIpc) is 2.92. The van der Waals surface area contributed by atoms with Crippen LogP contribution in [0.5, 0.6) is 17.2 Å². The van der Waals surface area contributed by atoms with Crippen molar-refractivity contribution < 1.29 is 19.7 Å². The predicted molar refractivity (Wildman–Crippen MR) is 98.2 cm³/mol. The van der Waals surface area contributed by atoms with Crippen molar-refractivity contribution in [3.8, 4) is 17.2 Å². The van der Waals surface area contributed by atoms with Gasteiger partial charge in [-0.2, -0.15) is 0 Å². The second kappa shape index (κ2) is 7.31. The summed E-state index contributed by atoms with van der Waals surface area (Å²) in [5, 5.41) is 22.0. The summed E-state index contributed by atoms with van der Waals surface area (Å²) in [6.07, 6.45) is 1.62. The summed E-state index contributed by atoms with van der Waals surface area (Å²) in [7, 11) is 0. The highest BCUT2D eigenvalue weighted by atomic mass is 32.2. The van der Waals surface area contributed by atoms with Crippen molar-refractivity contribution in [2.24, 2.45) is 4.99 Å². The van der Waals surface area contributed by atoms with Crippen molar-refractivity contribution in [3.63, 3.8) is 0 Å². The molecule has 1 saturated heterocycles. The number of nitrogens with one attached hydrogen (secondary N) is 1. The maximum absolute atomic E-state index is 12.1. The fraction of sp³-hybridized carbons (Fsp3) is 0.111. The first kappa shape index (κ1) is 16.9. The summed E-state index contributed by atoms with van der Waals surface area (Å²) in [4.78, 5) is 16.9. The van der Waals surface area contributed by atoms with Crippen molar-refractivity contribution in [3.05, 3.63) is 52.9 Å². The molecule has 0 bridgehead atoms. The van der Waals surface area contributed by atoms with Gasteiger partial charge in [-0.15, -0.1) is 0 Å². The second-order valence-electron chi connectivity index (χ2n) is 5.16. The minimum Gasteiger partial charge on any atom is -0.504 e. The van der Waals surface area contributed by atoms with Crippen LogP contribution in [0.4, 0.5) is 5.69 Å². The maximum atomic E-state index is 12.1. The highest BCUT2D eigenvalue weighted by Gasteiger charge is 2.23. The molecule has 0 aliphatic carbocycles. The minimum absolute atomic E-state index is 0.205. The Kier molecular flexibility index (Phi) is 4.95. The van der Waals surface area contributed by atoms with Gasteiger partial charge in [-0.3, -0.25) is 4.79 Å². The Morgan fingerprint density at radius 2 is 1.92 bits per heavy atom. The molecule has 1 fully saturated rings. The molecule has 2 aromatic carbocycles. The van der Waals surface area contributed by atoms with Crippen molar-refractivity contribution in [1.29, 1.82) is 0 Å². The van der Waals surface area contributed by atoms with Crippen LogP contribution in [0.25, 0.3) is 6.08 Å². The lowest BCUT2D eigenvalue weighted by Crippen LogP contribution is -2.19. The van der Waals surface area contributed by atoms with Gasteiger partial charge in [0.2, 0.25) is 0 Å². The SMILES string of the molecule is CCOc1ccc(N=C2NC(=O)C(=Cc3ccc(O)c(O)c3)S2)cc1. The molecule has 1 aliphatic heterocycles. The number of carbonyl (C=O) groups is 1. The van der Waals surface area contributed by atoms with E-state index in [1.54, 1.807) is 12.1 Å². The highest BCUT2D eigenvalue weighted by Crippen LogP contribution is 2.31. The summed E-state index contributed by atoms with van der Waals surface area (Å²) >= 11 is 1.21. The van der Waals surface area contributed by atoms with Gasteiger partial charge in [0.15, 0.2) is 16.7 Å². The van der Waals surface area contributed by atoms with Crippen LogP contribution in [0.15, 0.2) is 52.4 Å². The fourth-order valence-electron chi connectivity index (χ4n) is 2.16. The summed E-state index contributed by atoms with van der Waals surface area (Å²) < 4.78 is 5.38. The molecule has 6 nitrogen and oxygen atoms in total. The summed E-state index contributed by atoms with van der Waals surface area (Å²) in [5.74, 6) is 0.0639. The Hall–Kier alpha value is -2.93. The fourth-order valence-corrected chi connectivity index (χ4v) is 3.00. The lowest BCUT2D eigenvalue weighted by atomic mass is 10.2. The van der Waals surface area contributed by atoms with Crippen molar-refractivity contribution >= 4 is 34.6 Å². The number of aromatic hydroxyl groups is 2. The molecule has 1 amide bonds. The standard InChI is InChI=1S/C18H16N2O4S/c1-2-24-13-6-4-12(5-7-13)19-18-20-17(23)16(25-18)10-11-3-8-14(21)15(22)9-11/h3-10,21-22H,2H2,1H3,(H,19,20,23). The summed E-state index contributed by atoms with van der Waals surface area (Å²) in [6.45, 7) is 2.52. The number of nitrogens with zero attached hydrogens (tertiary/aromatic N) is 1. The van der Waals surface area contributed by atoms with Crippen molar-refractivity contribution in [2.45, 2.75) is 6.92 Å². The van der Waals surface area contributed by atoms with Gasteiger partial charge in [-0.05, 0) is 66.7 Å². The van der Waals surface area contributed by atoms with Crippen LogP contribution in [-0.2, 0) is 4.79 Å². The van der Waals surface area contributed by atoms with E-state index in [1.165, 1.54) is 23.9 Å². The quantitative estimate of drug-likeness (QED) is 0.577. The Labute approximate surface area is 148 Å². The number of ether oxygens (including phenoxy) is 1. The Balaban J connectivity index is 1.77. The van der Waals surface area contributed by atoms with Gasteiger partial charge in [-0.25, -0.2) is 4.99 Å². The van der Waals surface area contributed by atoms with Crippen LogP contribution in [0.2, 0.25) is 0 Å². The number of benzene rings is 2. The van der Waals surface area contributed by atoms with E-state index >= 15 is 0 Å². The molecular weight excluding hydrogens is 340 g/mol. The van der Waals surface area contributed by atoms with Gasteiger partial charge in [0.1, 0.15) is 5.75 Å². The largest absolute Gasteiger partial charge is 0.504 e.